The molecular weight excluding hydrogens is 262 g/mol. The van der Waals surface area contributed by atoms with Gasteiger partial charge in [0.25, 0.3) is 0 Å². The van der Waals surface area contributed by atoms with Gasteiger partial charge in [0.15, 0.2) is 0 Å². The van der Waals surface area contributed by atoms with Crippen LogP contribution in [0.4, 0.5) is 5.69 Å². The van der Waals surface area contributed by atoms with Crippen molar-refractivity contribution in [2.75, 3.05) is 32.0 Å². The zero-order valence-corrected chi connectivity index (χ0v) is 13.4. The Labute approximate surface area is 127 Å². The van der Waals surface area contributed by atoms with Gasteiger partial charge in [0, 0.05) is 18.7 Å². The van der Waals surface area contributed by atoms with Crippen molar-refractivity contribution in [3.8, 4) is 0 Å². The lowest BCUT2D eigenvalue weighted by atomic mass is 9.96. The van der Waals surface area contributed by atoms with E-state index in [0.717, 1.165) is 18.2 Å². The van der Waals surface area contributed by atoms with E-state index in [4.69, 9.17) is 0 Å². The number of piperidine rings is 1. The summed E-state index contributed by atoms with van der Waals surface area (Å²) in [5.41, 5.74) is 2.09. The third-order valence-corrected chi connectivity index (χ3v) is 4.26. The summed E-state index contributed by atoms with van der Waals surface area (Å²) in [6, 6.07) is 8.38. The second-order valence-electron chi connectivity index (χ2n) is 6.18. The molecule has 1 fully saturated rings. The summed E-state index contributed by atoms with van der Waals surface area (Å²) >= 11 is 0. The number of carbonyl (C=O) groups excluding carboxylic acids is 1. The molecule has 1 aromatic carbocycles. The lowest BCUT2D eigenvalue weighted by Gasteiger charge is -2.30. The van der Waals surface area contributed by atoms with Gasteiger partial charge in [0.2, 0.25) is 5.91 Å². The van der Waals surface area contributed by atoms with Crippen LogP contribution in [0, 0.1) is 5.92 Å². The summed E-state index contributed by atoms with van der Waals surface area (Å²) in [4.78, 5) is 13.5. The number of nitrogens with zero attached hydrogens (tertiary/aromatic N) is 1. The number of rotatable bonds is 5. The maximum absolute atomic E-state index is 11.1. The SMILES string of the molecule is CC(=O)Nc1cccc(C(C)NCC2CCN(C)CC2)c1. The molecule has 21 heavy (non-hydrogen) atoms. The van der Waals surface area contributed by atoms with E-state index in [9.17, 15) is 4.79 Å². The molecule has 4 heteroatoms. The smallest absolute Gasteiger partial charge is 0.221 e. The minimum Gasteiger partial charge on any atom is -0.326 e. The predicted molar refractivity (Wildman–Crippen MR) is 87.4 cm³/mol. The molecule has 1 aliphatic rings. The summed E-state index contributed by atoms with van der Waals surface area (Å²) in [5.74, 6) is 0.751. The molecule has 1 unspecified atom stereocenters. The van der Waals surface area contributed by atoms with Gasteiger partial charge in [-0.15, -0.1) is 0 Å². The molecule has 1 aromatic rings. The Morgan fingerprint density at radius 1 is 1.38 bits per heavy atom. The normalized spacial score (nSPS) is 18.4. The number of carbonyl (C=O) groups is 1. The van der Waals surface area contributed by atoms with Crippen LogP contribution < -0.4 is 10.6 Å². The topological polar surface area (TPSA) is 44.4 Å². The summed E-state index contributed by atoms with van der Waals surface area (Å²) < 4.78 is 0. The fraction of sp³-hybridized carbons (Fsp3) is 0.588. The van der Waals surface area contributed by atoms with Crippen LogP contribution in [0.25, 0.3) is 0 Å². The minimum absolute atomic E-state index is 0.0286. The molecule has 2 N–H and O–H groups in total. The Bertz CT molecular complexity index is 467. The molecule has 0 aromatic heterocycles. The van der Waals surface area contributed by atoms with Crippen molar-refractivity contribution >= 4 is 11.6 Å². The molecule has 2 rings (SSSR count). The Morgan fingerprint density at radius 3 is 2.76 bits per heavy atom. The van der Waals surface area contributed by atoms with Gasteiger partial charge in [-0.2, -0.15) is 0 Å². The largest absolute Gasteiger partial charge is 0.326 e. The fourth-order valence-electron chi connectivity index (χ4n) is 2.82. The summed E-state index contributed by atoms with van der Waals surface area (Å²) in [5, 5.41) is 6.47. The highest BCUT2D eigenvalue weighted by Gasteiger charge is 2.17. The average molecular weight is 289 g/mol. The van der Waals surface area contributed by atoms with Crippen LogP contribution in [-0.2, 0) is 4.79 Å². The van der Waals surface area contributed by atoms with E-state index in [-0.39, 0.29) is 5.91 Å². The van der Waals surface area contributed by atoms with Gasteiger partial charge in [-0.05, 0) is 70.1 Å². The quantitative estimate of drug-likeness (QED) is 0.876. The first-order chi connectivity index (χ1) is 10.0. The number of hydrogen-bond donors (Lipinski definition) is 2. The van der Waals surface area contributed by atoms with Gasteiger partial charge >= 0.3 is 0 Å². The van der Waals surface area contributed by atoms with Gasteiger partial charge in [0.1, 0.15) is 0 Å². The average Bonchev–Trinajstić information content (AvgIpc) is 2.46. The van der Waals surface area contributed by atoms with E-state index in [2.05, 4.69) is 35.6 Å². The van der Waals surface area contributed by atoms with E-state index in [1.165, 1.54) is 38.4 Å². The minimum atomic E-state index is -0.0286. The van der Waals surface area contributed by atoms with Gasteiger partial charge in [-0.1, -0.05) is 12.1 Å². The number of likely N-dealkylation sites (tertiary alicyclic amines) is 1. The van der Waals surface area contributed by atoms with Crippen LogP contribution >= 0.6 is 0 Å². The molecule has 116 valence electrons. The van der Waals surface area contributed by atoms with Crippen molar-refractivity contribution in [3.63, 3.8) is 0 Å². The van der Waals surface area contributed by atoms with Crippen molar-refractivity contribution in [1.82, 2.24) is 10.2 Å². The van der Waals surface area contributed by atoms with Crippen LogP contribution in [0.3, 0.4) is 0 Å². The molecule has 0 spiro atoms. The molecule has 0 bridgehead atoms. The first-order valence-electron chi connectivity index (χ1n) is 7.84. The Hall–Kier alpha value is -1.39. The highest BCUT2D eigenvalue weighted by atomic mass is 16.1. The lowest BCUT2D eigenvalue weighted by Crippen LogP contribution is -2.35. The number of benzene rings is 1. The number of anilines is 1. The lowest BCUT2D eigenvalue weighted by molar-refractivity contribution is -0.114. The molecule has 1 heterocycles. The second-order valence-corrected chi connectivity index (χ2v) is 6.18. The maximum Gasteiger partial charge on any atom is 0.221 e. The molecule has 4 nitrogen and oxygen atoms in total. The molecule has 1 aliphatic heterocycles. The van der Waals surface area contributed by atoms with Crippen LogP contribution in [0.1, 0.15) is 38.3 Å². The van der Waals surface area contributed by atoms with Crippen molar-refractivity contribution in [3.05, 3.63) is 29.8 Å². The third-order valence-electron chi connectivity index (χ3n) is 4.26. The molecular formula is C17H27N3O. The van der Waals surface area contributed by atoms with Crippen molar-refractivity contribution in [2.24, 2.45) is 5.92 Å². The van der Waals surface area contributed by atoms with Crippen LogP contribution in [-0.4, -0.2) is 37.5 Å². The van der Waals surface area contributed by atoms with E-state index in [1.54, 1.807) is 0 Å². The number of hydrogen-bond acceptors (Lipinski definition) is 3. The predicted octanol–water partition coefficient (Wildman–Crippen LogP) is 2.64. The maximum atomic E-state index is 11.1. The summed E-state index contributed by atoms with van der Waals surface area (Å²) in [7, 11) is 2.19. The second kappa shape index (κ2) is 7.57. The first-order valence-corrected chi connectivity index (χ1v) is 7.84. The van der Waals surface area contributed by atoms with E-state index in [0.29, 0.717) is 6.04 Å². The zero-order valence-electron chi connectivity index (χ0n) is 13.4. The summed E-state index contributed by atoms with van der Waals surface area (Å²) in [6.45, 7) is 7.20. The van der Waals surface area contributed by atoms with Crippen molar-refractivity contribution < 1.29 is 4.79 Å². The van der Waals surface area contributed by atoms with Crippen molar-refractivity contribution in [1.29, 1.82) is 0 Å². The van der Waals surface area contributed by atoms with Gasteiger partial charge in [0.05, 0.1) is 0 Å². The van der Waals surface area contributed by atoms with E-state index < -0.39 is 0 Å². The third kappa shape index (κ3) is 5.14. The fourth-order valence-corrected chi connectivity index (χ4v) is 2.82. The molecule has 1 atom stereocenters. The van der Waals surface area contributed by atoms with E-state index >= 15 is 0 Å². The molecule has 0 saturated carbocycles. The number of amides is 1. The Kier molecular flexibility index (Phi) is 5.76. The van der Waals surface area contributed by atoms with Crippen LogP contribution in [0.15, 0.2) is 24.3 Å². The van der Waals surface area contributed by atoms with Gasteiger partial charge in [-0.3, -0.25) is 4.79 Å². The molecule has 0 radical (unpaired) electrons. The van der Waals surface area contributed by atoms with Gasteiger partial charge < -0.3 is 15.5 Å². The molecule has 1 saturated heterocycles. The van der Waals surface area contributed by atoms with Crippen LogP contribution in [0.2, 0.25) is 0 Å². The molecule has 1 amide bonds. The Balaban J connectivity index is 1.85. The standard InChI is InChI=1S/C17H27N3O/c1-13(18-12-15-7-9-20(3)10-8-15)16-5-4-6-17(11-16)19-14(2)21/h4-6,11,13,15,18H,7-10,12H2,1-3H3,(H,19,21). The summed E-state index contributed by atoms with van der Waals surface area (Å²) in [6.07, 6.45) is 2.56. The van der Waals surface area contributed by atoms with Crippen LogP contribution in [0.5, 0.6) is 0 Å². The molecule has 0 aliphatic carbocycles. The highest BCUT2D eigenvalue weighted by molar-refractivity contribution is 5.88. The first kappa shape index (κ1) is 16.0. The van der Waals surface area contributed by atoms with E-state index in [1.807, 2.05) is 18.2 Å². The number of nitrogens with one attached hydrogen (secondary N) is 2. The monoisotopic (exact) mass is 289 g/mol. The highest BCUT2D eigenvalue weighted by Crippen LogP contribution is 2.20. The van der Waals surface area contributed by atoms with Crippen molar-refractivity contribution in [2.45, 2.75) is 32.7 Å². The zero-order chi connectivity index (χ0) is 15.2. The van der Waals surface area contributed by atoms with Gasteiger partial charge in [-0.25, -0.2) is 0 Å². The Morgan fingerprint density at radius 2 is 2.10 bits per heavy atom.